The number of benzene rings is 3. The van der Waals surface area contributed by atoms with Crippen molar-refractivity contribution in [3.8, 4) is 16.3 Å². The zero-order valence-corrected chi connectivity index (χ0v) is 13.8. The first-order valence-corrected chi connectivity index (χ1v) is 8.53. The Morgan fingerprint density at radius 2 is 1.71 bits per heavy atom. The summed E-state index contributed by atoms with van der Waals surface area (Å²) in [5.41, 5.74) is 9.73. The number of anilines is 1. The van der Waals surface area contributed by atoms with E-state index < -0.39 is 0 Å². The molecular formula is C20H16N2OS. The van der Waals surface area contributed by atoms with Crippen LogP contribution >= 0.6 is 11.3 Å². The van der Waals surface area contributed by atoms with Crippen molar-refractivity contribution in [3.05, 3.63) is 78.4 Å². The average molecular weight is 332 g/mol. The fraction of sp³-hybridized carbons (Fsp3) is 0.0500. The average Bonchev–Trinajstić information content (AvgIpc) is 3.05. The lowest BCUT2D eigenvalue weighted by atomic mass is 10.2. The molecule has 3 aromatic carbocycles. The number of aromatic nitrogens is 1. The summed E-state index contributed by atoms with van der Waals surface area (Å²) >= 11 is 1.66. The number of thiazole rings is 1. The van der Waals surface area contributed by atoms with Gasteiger partial charge in [-0.25, -0.2) is 4.98 Å². The predicted octanol–water partition coefficient (Wildman–Crippen LogP) is 5.12. The molecule has 0 atom stereocenters. The van der Waals surface area contributed by atoms with Crippen LogP contribution < -0.4 is 10.5 Å². The molecule has 0 amide bonds. The van der Waals surface area contributed by atoms with Crippen LogP contribution in [0.4, 0.5) is 5.69 Å². The highest BCUT2D eigenvalue weighted by Gasteiger charge is 2.07. The van der Waals surface area contributed by atoms with Crippen LogP contribution in [0.3, 0.4) is 0 Å². The molecule has 0 saturated heterocycles. The summed E-state index contributed by atoms with van der Waals surface area (Å²) in [6.07, 6.45) is 0. The lowest BCUT2D eigenvalue weighted by molar-refractivity contribution is 0.306. The van der Waals surface area contributed by atoms with Gasteiger partial charge in [0.15, 0.2) is 0 Å². The maximum atomic E-state index is 5.89. The van der Waals surface area contributed by atoms with Gasteiger partial charge in [-0.1, -0.05) is 30.3 Å². The van der Waals surface area contributed by atoms with E-state index in [1.807, 2.05) is 54.6 Å². The number of nitrogens with two attached hydrogens (primary N) is 1. The largest absolute Gasteiger partial charge is 0.489 e. The Hall–Kier alpha value is -2.85. The molecule has 2 N–H and O–H groups in total. The van der Waals surface area contributed by atoms with E-state index in [1.165, 1.54) is 0 Å². The zero-order chi connectivity index (χ0) is 16.4. The number of ether oxygens (including phenoxy) is 1. The Morgan fingerprint density at radius 1 is 0.917 bits per heavy atom. The van der Waals surface area contributed by atoms with E-state index in [2.05, 4.69) is 18.2 Å². The molecule has 0 aliphatic carbocycles. The van der Waals surface area contributed by atoms with Gasteiger partial charge in [-0.2, -0.15) is 0 Å². The fourth-order valence-corrected chi connectivity index (χ4v) is 3.48. The van der Waals surface area contributed by atoms with E-state index in [1.54, 1.807) is 11.3 Å². The Labute approximate surface area is 144 Å². The first-order chi connectivity index (χ1) is 11.8. The standard InChI is InChI=1S/C20H16N2OS/c21-16-8-6-15(7-9-16)20-22-18-11-10-17(12-19(18)24-20)23-13-14-4-2-1-3-5-14/h1-12H,13,21H2. The summed E-state index contributed by atoms with van der Waals surface area (Å²) in [6.45, 7) is 0.565. The van der Waals surface area contributed by atoms with Crippen molar-refractivity contribution in [2.24, 2.45) is 0 Å². The molecule has 4 rings (SSSR count). The lowest BCUT2D eigenvalue weighted by Crippen LogP contribution is -1.94. The van der Waals surface area contributed by atoms with Gasteiger partial charge in [0.25, 0.3) is 0 Å². The van der Waals surface area contributed by atoms with Crippen molar-refractivity contribution in [1.29, 1.82) is 0 Å². The van der Waals surface area contributed by atoms with Crippen LogP contribution in [0.15, 0.2) is 72.8 Å². The van der Waals surface area contributed by atoms with Crippen molar-refractivity contribution < 1.29 is 4.74 Å². The normalized spacial score (nSPS) is 10.8. The number of rotatable bonds is 4. The zero-order valence-electron chi connectivity index (χ0n) is 13.0. The van der Waals surface area contributed by atoms with Crippen LogP contribution in [-0.4, -0.2) is 4.98 Å². The first-order valence-electron chi connectivity index (χ1n) is 7.71. The Bertz CT molecular complexity index is 962. The van der Waals surface area contributed by atoms with E-state index in [0.717, 1.165) is 37.8 Å². The summed E-state index contributed by atoms with van der Waals surface area (Å²) in [6, 6.07) is 24.0. The van der Waals surface area contributed by atoms with Gasteiger partial charge in [0.05, 0.1) is 10.2 Å². The second-order valence-corrected chi connectivity index (χ2v) is 6.58. The molecule has 0 spiro atoms. The maximum Gasteiger partial charge on any atom is 0.124 e. The number of hydrogen-bond donors (Lipinski definition) is 1. The summed E-state index contributed by atoms with van der Waals surface area (Å²) in [7, 11) is 0. The molecule has 0 radical (unpaired) electrons. The van der Waals surface area contributed by atoms with Gasteiger partial charge < -0.3 is 10.5 Å². The minimum atomic E-state index is 0.565. The maximum absolute atomic E-state index is 5.89. The highest BCUT2D eigenvalue weighted by molar-refractivity contribution is 7.21. The van der Waals surface area contributed by atoms with E-state index in [0.29, 0.717) is 6.61 Å². The van der Waals surface area contributed by atoms with Crippen molar-refractivity contribution in [2.45, 2.75) is 6.61 Å². The second-order valence-electron chi connectivity index (χ2n) is 5.54. The summed E-state index contributed by atoms with van der Waals surface area (Å²) < 4.78 is 7.01. The topological polar surface area (TPSA) is 48.1 Å². The molecule has 0 saturated carbocycles. The Kier molecular flexibility index (Phi) is 3.89. The predicted molar refractivity (Wildman–Crippen MR) is 100 cm³/mol. The summed E-state index contributed by atoms with van der Waals surface area (Å²) in [5, 5.41) is 0.991. The number of hydrogen-bond acceptors (Lipinski definition) is 4. The number of nitrogen functional groups attached to an aromatic ring is 1. The molecule has 0 bridgehead atoms. The third-order valence-electron chi connectivity index (χ3n) is 3.77. The molecule has 3 nitrogen and oxygen atoms in total. The van der Waals surface area contributed by atoms with Crippen LogP contribution in [-0.2, 0) is 6.61 Å². The van der Waals surface area contributed by atoms with E-state index in [4.69, 9.17) is 15.5 Å². The van der Waals surface area contributed by atoms with Crippen LogP contribution in [0.25, 0.3) is 20.8 Å². The SMILES string of the molecule is Nc1ccc(-c2nc3ccc(OCc4ccccc4)cc3s2)cc1. The quantitative estimate of drug-likeness (QED) is 0.527. The van der Waals surface area contributed by atoms with Crippen LogP contribution in [0, 0.1) is 0 Å². The molecule has 0 fully saturated rings. The van der Waals surface area contributed by atoms with Gasteiger partial charge >= 0.3 is 0 Å². The van der Waals surface area contributed by atoms with Gasteiger partial charge in [-0.3, -0.25) is 0 Å². The van der Waals surface area contributed by atoms with Gasteiger partial charge in [0, 0.05) is 11.3 Å². The molecule has 1 aromatic heterocycles. The lowest BCUT2D eigenvalue weighted by Gasteiger charge is -2.05. The minimum Gasteiger partial charge on any atom is -0.489 e. The minimum absolute atomic E-state index is 0.565. The molecule has 0 unspecified atom stereocenters. The molecule has 118 valence electrons. The van der Waals surface area contributed by atoms with Crippen molar-refractivity contribution in [1.82, 2.24) is 4.98 Å². The van der Waals surface area contributed by atoms with Gasteiger partial charge in [0.1, 0.15) is 17.4 Å². The molecule has 0 aliphatic heterocycles. The van der Waals surface area contributed by atoms with Crippen LogP contribution in [0.5, 0.6) is 5.75 Å². The smallest absolute Gasteiger partial charge is 0.124 e. The summed E-state index contributed by atoms with van der Waals surface area (Å²) in [5.74, 6) is 0.860. The molecule has 24 heavy (non-hydrogen) atoms. The van der Waals surface area contributed by atoms with E-state index >= 15 is 0 Å². The van der Waals surface area contributed by atoms with Crippen molar-refractivity contribution in [2.75, 3.05) is 5.73 Å². The van der Waals surface area contributed by atoms with E-state index in [9.17, 15) is 0 Å². The number of fused-ring (bicyclic) bond motifs is 1. The van der Waals surface area contributed by atoms with Gasteiger partial charge in [0.2, 0.25) is 0 Å². The van der Waals surface area contributed by atoms with Crippen molar-refractivity contribution in [3.63, 3.8) is 0 Å². The molecule has 4 aromatic rings. The highest BCUT2D eigenvalue weighted by atomic mass is 32.1. The van der Waals surface area contributed by atoms with Gasteiger partial charge in [-0.15, -0.1) is 11.3 Å². The van der Waals surface area contributed by atoms with Gasteiger partial charge in [-0.05, 0) is 48.0 Å². The molecule has 0 aliphatic rings. The Morgan fingerprint density at radius 3 is 2.50 bits per heavy atom. The first kappa shape index (κ1) is 14.7. The highest BCUT2D eigenvalue weighted by Crippen LogP contribution is 2.32. The van der Waals surface area contributed by atoms with Crippen LogP contribution in [0.2, 0.25) is 0 Å². The number of nitrogens with zero attached hydrogens (tertiary/aromatic N) is 1. The third kappa shape index (κ3) is 3.09. The molecule has 1 heterocycles. The Balaban J connectivity index is 1.58. The van der Waals surface area contributed by atoms with Crippen LogP contribution in [0.1, 0.15) is 5.56 Å². The molecular weight excluding hydrogens is 316 g/mol. The monoisotopic (exact) mass is 332 g/mol. The third-order valence-corrected chi connectivity index (χ3v) is 4.83. The fourth-order valence-electron chi connectivity index (χ4n) is 2.48. The second kappa shape index (κ2) is 6.34. The van der Waals surface area contributed by atoms with Crippen molar-refractivity contribution >= 4 is 27.2 Å². The summed E-state index contributed by atoms with van der Waals surface area (Å²) in [4.78, 5) is 4.69. The molecule has 4 heteroatoms. The van der Waals surface area contributed by atoms with E-state index in [-0.39, 0.29) is 0 Å².